The first-order valence-electron chi connectivity index (χ1n) is 6.54. The van der Waals surface area contributed by atoms with Crippen LogP contribution in [0, 0.1) is 20.8 Å². The normalized spacial score (nSPS) is 11.2. The number of halogens is 1. The lowest BCUT2D eigenvalue weighted by Gasteiger charge is -2.11. The number of aromatic nitrogens is 3. The molecule has 0 aliphatic carbocycles. The molecule has 2 heterocycles. The van der Waals surface area contributed by atoms with Crippen LogP contribution < -0.4 is 0 Å². The minimum Gasteiger partial charge on any atom is -0.246 e. The molecule has 2 aromatic rings. The van der Waals surface area contributed by atoms with Gasteiger partial charge in [0.15, 0.2) is 0 Å². The summed E-state index contributed by atoms with van der Waals surface area (Å²) < 4.78 is 0. The van der Waals surface area contributed by atoms with E-state index in [0.717, 1.165) is 27.1 Å². The lowest BCUT2D eigenvalue weighted by molar-refractivity contribution is 0.747. The third-order valence-corrected chi connectivity index (χ3v) is 4.23. The van der Waals surface area contributed by atoms with Gasteiger partial charge in [0.25, 0.3) is 0 Å². The van der Waals surface area contributed by atoms with Crippen LogP contribution in [0.4, 0.5) is 0 Å². The number of hydrogen-bond acceptors (Lipinski definition) is 4. The Bertz CT molecular complexity index is 621. The fraction of sp³-hybridized carbons (Fsp3) is 0.400. The molecule has 20 heavy (non-hydrogen) atoms. The van der Waals surface area contributed by atoms with Crippen molar-refractivity contribution in [3.63, 3.8) is 0 Å². The highest BCUT2D eigenvalue weighted by atomic mass is 35.5. The fourth-order valence-electron chi connectivity index (χ4n) is 1.80. The Balaban J connectivity index is 2.42. The number of rotatable bonds is 3. The van der Waals surface area contributed by atoms with E-state index < -0.39 is 0 Å². The summed E-state index contributed by atoms with van der Waals surface area (Å²) in [4.78, 5) is 13.5. The topological polar surface area (TPSA) is 38.7 Å². The van der Waals surface area contributed by atoms with E-state index in [1.165, 1.54) is 5.56 Å². The Kier molecular flexibility index (Phi) is 4.66. The van der Waals surface area contributed by atoms with Crippen molar-refractivity contribution < 1.29 is 0 Å². The Hall–Kier alpha value is -1.13. The Morgan fingerprint density at radius 2 is 1.75 bits per heavy atom. The standard InChI is InChI=1S/C15H18ClN3S/c1-8(2)14-18-13(16)11(5)15(19-14)20-12-7-9(3)6-10(4)17-12/h6-8H,1-5H3. The maximum atomic E-state index is 6.21. The molecule has 5 heteroatoms. The predicted octanol–water partition coefficient (Wildman–Crippen LogP) is 4.72. The molecule has 0 N–H and O–H groups in total. The molecular formula is C15H18ClN3S. The molecule has 0 fully saturated rings. The number of pyridine rings is 1. The SMILES string of the molecule is Cc1cc(C)nc(Sc2nc(C(C)C)nc(Cl)c2C)c1. The van der Waals surface area contributed by atoms with Gasteiger partial charge in [-0.1, -0.05) is 25.4 Å². The average Bonchev–Trinajstić information content (AvgIpc) is 2.33. The van der Waals surface area contributed by atoms with Gasteiger partial charge in [-0.05, 0) is 50.2 Å². The molecule has 0 unspecified atom stereocenters. The van der Waals surface area contributed by atoms with Crippen molar-refractivity contribution in [1.82, 2.24) is 15.0 Å². The minimum absolute atomic E-state index is 0.250. The smallest absolute Gasteiger partial charge is 0.136 e. The van der Waals surface area contributed by atoms with E-state index in [9.17, 15) is 0 Å². The summed E-state index contributed by atoms with van der Waals surface area (Å²) in [6.45, 7) is 10.1. The zero-order chi connectivity index (χ0) is 14.9. The van der Waals surface area contributed by atoms with Crippen molar-refractivity contribution in [3.8, 4) is 0 Å². The Labute approximate surface area is 129 Å². The van der Waals surface area contributed by atoms with E-state index >= 15 is 0 Å². The molecule has 106 valence electrons. The van der Waals surface area contributed by atoms with Crippen LogP contribution >= 0.6 is 23.4 Å². The Morgan fingerprint density at radius 1 is 1.05 bits per heavy atom. The summed E-state index contributed by atoms with van der Waals surface area (Å²) >= 11 is 7.75. The van der Waals surface area contributed by atoms with E-state index in [1.54, 1.807) is 11.8 Å². The highest BCUT2D eigenvalue weighted by Crippen LogP contribution is 2.31. The van der Waals surface area contributed by atoms with Crippen LogP contribution in [0.15, 0.2) is 22.2 Å². The van der Waals surface area contributed by atoms with E-state index in [1.807, 2.05) is 13.8 Å². The zero-order valence-electron chi connectivity index (χ0n) is 12.4. The van der Waals surface area contributed by atoms with E-state index in [-0.39, 0.29) is 5.92 Å². The van der Waals surface area contributed by atoms with Gasteiger partial charge in [-0.2, -0.15) is 0 Å². The van der Waals surface area contributed by atoms with Crippen molar-refractivity contribution in [2.45, 2.75) is 50.6 Å². The molecular weight excluding hydrogens is 290 g/mol. The van der Waals surface area contributed by atoms with Crippen LogP contribution in [0.2, 0.25) is 5.15 Å². The molecule has 0 amide bonds. The Morgan fingerprint density at radius 3 is 2.35 bits per heavy atom. The van der Waals surface area contributed by atoms with Crippen LogP contribution in [0.3, 0.4) is 0 Å². The molecule has 0 saturated heterocycles. The van der Waals surface area contributed by atoms with Gasteiger partial charge in [0.1, 0.15) is 21.0 Å². The largest absolute Gasteiger partial charge is 0.246 e. The van der Waals surface area contributed by atoms with Gasteiger partial charge in [-0.25, -0.2) is 15.0 Å². The second-order valence-corrected chi connectivity index (χ2v) is 6.55. The average molecular weight is 308 g/mol. The summed E-state index contributed by atoms with van der Waals surface area (Å²) in [5.74, 6) is 1.02. The number of hydrogen-bond donors (Lipinski definition) is 0. The predicted molar refractivity (Wildman–Crippen MR) is 83.7 cm³/mol. The van der Waals surface area contributed by atoms with Gasteiger partial charge in [0, 0.05) is 17.2 Å². The molecule has 2 rings (SSSR count). The molecule has 0 saturated carbocycles. The van der Waals surface area contributed by atoms with Gasteiger partial charge in [0.05, 0.1) is 0 Å². The third-order valence-electron chi connectivity index (χ3n) is 2.85. The van der Waals surface area contributed by atoms with Crippen molar-refractivity contribution >= 4 is 23.4 Å². The zero-order valence-corrected chi connectivity index (χ0v) is 13.9. The molecule has 0 atom stereocenters. The number of aryl methyl sites for hydroxylation is 2. The first kappa shape index (κ1) is 15.3. The third kappa shape index (κ3) is 3.49. The molecule has 3 nitrogen and oxygen atoms in total. The van der Waals surface area contributed by atoms with Gasteiger partial charge < -0.3 is 0 Å². The van der Waals surface area contributed by atoms with Crippen LogP contribution in [0.5, 0.6) is 0 Å². The fourth-order valence-corrected chi connectivity index (χ4v) is 3.05. The maximum absolute atomic E-state index is 6.21. The van der Waals surface area contributed by atoms with Crippen LogP contribution in [-0.2, 0) is 0 Å². The second kappa shape index (κ2) is 6.10. The first-order chi connectivity index (χ1) is 9.36. The van der Waals surface area contributed by atoms with Gasteiger partial charge in [-0.3, -0.25) is 0 Å². The highest BCUT2D eigenvalue weighted by molar-refractivity contribution is 7.99. The minimum atomic E-state index is 0.250. The molecule has 0 bridgehead atoms. The van der Waals surface area contributed by atoms with Crippen LogP contribution in [0.25, 0.3) is 0 Å². The van der Waals surface area contributed by atoms with E-state index in [2.05, 4.69) is 47.9 Å². The summed E-state index contributed by atoms with van der Waals surface area (Å²) in [6, 6.07) is 4.12. The van der Waals surface area contributed by atoms with Gasteiger partial charge in [0.2, 0.25) is 0 Å². The monoisotopic (exact) mass is 307 g/mol. The first-order valence-corrected chi connectivity index (χ1v) is 7.73. The lowest BCUT2D eigenvalue weighted by atomic mass is 10.2. The summed E-state index contributed by atoms with van der Waals surface area (Å²) in [5, 5.41) is 2.34. The molecule has 0 spiro atoms. The molecule has 2 aromatic heterocycles. The van der Waals surface area contributed by atoms with Crippen molar-refractivity contribution in [2.75, 3.05) is 0 Å². The van der Waals surface area contributed by atoms with Crippen molar-refractivity contribution in [3.05, 3.63) is 39.9 Å². The quantitative estimate of drug-likeness (QED) is 0.769. The lowest BCUT2D eigenvalue weighted by Crippen LogP contribution is -2.02. The van der Waals surface area contributed by atoms with Crippen LogP contribution in [0.1, 0.15) is 42.4 Å². The summed E-state index contributed by atoms with van der Waals surface area (Å²) in [7, 11) is 0. The molecule has 0 aliphatic rings. The summed E-state index contributed by atoms with van der Waals surface area (Å²) in [6.07, 6.45) is 0. The van der Waals surface area contributed by atoms with Gasteiger partial charge in [-0.15, -0.1) is 0 Å². The van der Waals surface area contributed by atoms with Crippen molar-refractivity contribution in [1.29, 1.82) is 0 Å². The van der Waals surface area contributed by atoms with Crippen LogP contribution in [-0.4, -0.2) is 15.0 Å². The molecule has 0 aliphatic heterocycles. The number of nitrogens with zero attached hydrogens (tertiary/aromatic N) is 3. The maximum Gasteiger partial charge on any atom is 0.136 e. The summed E-state index contributed by atoms with van der Waals surface area (Å²) in [5.41, 5.74) is 3.11. The van der Waals surface area contributed by atoms with E-state index in [4.69, 9.17) is 11.6 Å². The highest BCUT2D eigenvalue weighted by Gasteiger charge is 2.13. The second-order valence-electron chi connectivity index (χ2n) is 5.18. The molecule has 0 radical (unpaired) electrons. The van der Waals surface area contributed by atoms with Gasteiger partial charge >= 0.3 is 0 Å². The van der Waals surface area contributed by atoms with Crippen molar-refractivity contribution in [2.24, 2.45) is 0 Å². The van der Waals surface area contributed by atoms with E-state index in [0.29, 0.717) is 5.15 Å². The molecule has 0 aromatic carbocycles.